The summed E-state index contributed by atoms with van der Waals surface area (Å²) in [6.45, 7) is 3.79. The van der Waals surface area contributed by atoms with Crippen LogP contribution in [0.15, 0.2) is 23.2 Å². The van der Waals surface area contributed by atoms with Gasteiger partial charge in [-0.15, -0.1) is 24.0 Å². The summed E-state index contributed by atoms with van der Waals surface area (Å²) < 4.78 is 22.0. The lowest BCUT2D eigenvalue weighted by Gasteiger charge is -2.23. The van der Waals surface area contributed by atoms with Gasteiger partial charge in [-0.1, -0.05) is 0 Å². The third kappa shape index (κ3) is 8.00. The molecule has 0 saturated carbocycles. The van der Waals surface area contributed by atoms with Crippen LogP contribution in [0.5, 0.6) is 11.5 Å². The van der Waals surface area contributed by atoms with E-state index in [1.54, 1.807) is 21.3 Å². The van der Waals surface area contributed by atoms with Crippen LogP contribution in [-0.4, -0.2) is 71.6 Å². The van der Waals surface area contributed by atoms with E-state index < -0.39 is 0 Å². The van der Waals surface area contributed by atoms with Crippen LogP contribution < -0.4 is 14.8 Å². The van der Waals surface area contributed by atoms with Crippen LogP contribution in [-0.2, 0) is 16.0 Å². The van der Waals surface area contributed by atoms with E-state index in [1.807, 2.05) is 25.2 Å². The van der Waals surface area contributed by atoms with Gasteiger partial charge in [-0.2, -0.15) is 0 Å². The molecular formula is C20H34IN3O4. The second-order valence-corrected chi connectivity index (χ2v) is 6.57. The SMILES string of the molecule is CN=C(NCCCOCC1CCCO1)N(C)Cc1ccc(OC)cc1OC.I. The number of nitrogens with zero attached hydrogens (tertiary/aromatic N) is 2. The number of nitrogens with one attached hydrogen (secondary N) is 1. The molecular weight excluding hydrogens is 473 g/mol. The van der Waals surface area contributed by atoms with Crippen molar-refractivity contribution in [1.29, 1.82) is 0 Å². The van der Waals surface area contributed by atoms with Crippen molar-refractivity contribution in [3.8, 4) is 11.5 Å². The van der Waals surface area contributed by atoms with E-state index in [1.165, 1.54) is 0 Å². The van der Waals surface area contributed by atoms with Gasteiger partial charge in [0.25, 0.3) is 0 Å². The van der Waals surface area contributed by atoms with Gasteiger partial charge >= 0.3 is 0 Å². The van der Waals surface area contributed by atoms with Gasteiger partial charge < -0.3 is 29.2 Å². The fraction of sp³-hybridized carbons (Fsp3) is 0.650. The normalized spacial score (nSPS) is 16.4. The summed E-state index contributed by atoms with van der Waals surface area (Å²) in [5.41, 5.74) is 1.07. The van der Waals surface area contributed by atoms with Gasteiger partial charge in [-0.25, -0.2) is 0 Å². The van der Waals surface area contributed by atoms with Crippen molar-refractivity contribution in [3.05, 3.63) is 23.8 Å². The van der Waals surface area contributed by atoms with Gasteiger partial charge in [0.2, 0.25) is 0 Å². The molecule has 1 atom stereocenters. The van der Waals surface area contributed by atoms with E-state index in [9.17, 15) is 0 Å². The molecule has 0 aromatic heterocycles. The second-order valence-electron chi connectivity index (χ2n) is 6.57. The van der Waals surface area contributed by atoms with Crippen molar-refractivity contribution in [2.75, 3.05) is 54.7 Å². The molecule has 8 heteroatoms. The van der Waals surface area contributed by atoms with Gasteiger partial charge in [0, 0.05) is 52.0 Å². The Balaban J connectivity index is 0.00000392. The third-order valence-corrected chi connectivity index (χ3v) is 4.55. The predicted molar refractivity (Wildman–Crippen MR) is 122 cm³/mol. The summed E-state index contributed by atoms with van der Waals surface area (Å²) in [4.78, 5) is 6.43. The first kappa shape index (κ1) is 24.8. The Morgan fingerprint density at radius 2 is 2.14 bits per heavy atom. The first-order chi connectivity index (χ1) is 13.2. The summed E-state index contributed by atoms with van der Waals surface area (Å²) in [7, 11) is 7.11. The Bertz CT molecular complexity index is 595. The molecule has 0 aliphatic carbocycles. The summed E-state index contributed by atoms with van der Waals surface area (Å²) in [5, 5.41) is 3.38. The zero-order valence-corrected chi connectivity index (χ0v) is 19.7. The highest BCUT2D eigenvalue weighted by Crippen LogP contribution is 2.25. The molecule has 1 saturated heterocycles. The number of hydrogen-bond acceptors (Lipinski definition) is 5. The molecule has 7 nitrogen and oxygen atoms in total. The molecule has 1 aliphatic rings. The van der Waals surface area contributed by atoms with Gasteiger partial charge in [0.05, 0.1) is 26.9 Å². The highest BCUT2D eigenvalue weighted by molar-refractivity contribution is 14.0. The summed E-state index contributed by atoms with van der Waals surface area (Å²) in [6, 6.07) is 5.85. The number of aliphatic imine (C=N–C) groups is 1. The molecule has 0 bridgehead atoms. The Hall–Kier alpha value is -1.26. The monoisotopic (exact) mass is 507 g/mol. The first-order valence-corrected chi connectivity index (χ1v) is 9.50. The minimum Gasteiger partial charge on any atom is -0.497 e. The van der Waals surface area contributed by atoms with Crippen molar-refractivity contribution in [2.24, 2.45) is 4.99 Å². The largest absolute Gasteiger partial charge is 0.497 e. The van der Waals surface area contributed by atoms with Crippen LogP contribution in [0.3, 0.4) is 0 Å². The van der Waals surface area contributed by atoms with Crippen molar-refractivity contribution >= 4 is 29.9 Å². The fourth-order valence-corrected chi connectivity index (χ4v) is 3.06. The molecule has 1 heterocycles. The minimum absolute atomic E-state index is 0. The Morgan fingerprint density at radius 1 is 1.32 bits per heavy atom. The van der Waals surface area contributed by atoms with Crippen molar-refractivity contribution < 1.29 is 18.9 Å². The van der Waals surface area contributed by atoms with E-state index in [4.69, 9.17) is 18.9 Å². The van der Waals surface area contributed by atoms with E-state index in [2.05, 4.69) is 15.2 Å². The topological polar surface area (TPSA) is 64.6 Å². The predicted octanol–water partition coefficient (Wildman–Crippen LogP) is 2.91. The molecule has 160 valence electrons. The van der Waals surface area contributed by atoms with Crippen LogP contribution >= 0.6 is 24.0 Å². The number of methoxy groups -OCH3 is 2. The molecule has 1 aliphatic heterocycles. The summed E-state index contributed by atoms with van der Waals surface area (Å²) in [6.07, 6.45) is 3.48. The van der Waals surface area contributed by atoms with Crippen LogP contribution in [0.2, 0.25) is 0 Å². The van der Waals surface area contributed by atoms with Crippen molar-refractivity contribution in [2.45, 2.75) is 31.9 Å². The van der Waals surface area contributed by atoms with Gasteiger partial charge in [0.15, 0.2) is 5.96 Å². The number of rotatable bonds is 10. The average molecular weight is 507 g/mol. The van der Waals surface area contributed by atoms with E-state index in [-0.39, 0.29) is 30.1 Å². The van der Waals surface area contributed by atoms with Gasteiger partial charge in [-0.05, 0) is 31.4 Å². The molecule has 1 fully saturated rings. The highest BCUT2D eigenvalue weighted by atomic mass is 127. The molecule has 1 aromatic rings. The number of halogens is 1. The lowest BCUT2D eigenvalue weighted by molar-refractivity contribution is 0.0168. The maximum atomic E-state index is 5.69. The zero-order chi connectivity index (χ0) is 19.5. The van der Waals surface area contributed by atoms with Crippen LogP contribution in [0, 0.1) is 0 Å². The standard InChI is InChI=1S/C20H33N3O4.HI/c1-21-20(22-10-6-11-26-15-18-7-5-12-27-18)23(2)14-16-8-9-17(24-3)13-19(16)25-4;/h8-9,13,18H,5-7,10-12,14-15H2,1-4H3,(H,21,22);1H. The molecule has 0 spiro atoms. The molecule has 2 rings (SSSR count). The summed E-state index contributed by atoms with van der Waals surface area (Å²) >= 11 is 0. The third-order valence-electron chi connectivity index (χ3n) is 4.55. The Morgan fingerprint density at radius 3 is 2.79 bits per heavy atom. The van der Waals surface area contributed by atoms with Crippen LogP contribution in [0.25, 0.3) is 0 Å². The van der Waals surface area contributed by atoms with Gasteiger partial charge in [-0.3, -0.25) is 4.99 Å². The number of benzene rings is 1. The van der Waals surface area contributed by atoms with Crippen molar-refractivity contribution in [3.63, 3.8) is 0 Å². The van der Waals surface area contributed by atoms with E-state index in [0.29, 0.717) is 13.2 Å². The quantitative estimate of drug-likeness (QED) is 0.228. The molecule has 1 unspecified atom stereocenters. The lowest BCUT2D eigenvalue weighted by Crippen LogP contribution is -2.39. The highest BCUT2D eigenvalue weighted by Gasteiger charge is 2.15. The average Bonchev–Trinajstić information content (AvgIpc) is 3.21. The van der Waals surface area contributed by atoms with Crippen LogP contribution in [0.4, 0.5) is 0 Å². The molecule has 0 radical (unpaired) electrons. The molecule has 0 amide bonds. The van der Waals surface area contributed by atoms with E-state index >= 15 is 0 Å². The van der Waals surface area contributed by atoms with Gasteiger partial charge in [0.1, 0.15) is 11.5 Å². The molecule has 1 N–H and O–H groups in total. The number of ether oxygens (including phenoxy) is 4. The minimum atomic E-state index is 0. The maximum absolute atomic E-state index is 5.69. The smallest absolute Gasteiger partial charge is 0.193 e. The Kier molecular flexibility index (Phi) is 12.2. The summed E-state index contributed by atoms with van der Waals surface area (Å²) in [5.74, 6) is 2.43. The zero-order valence-electron chi connectivity index (χ0n) is 17.4. The Labute approximate surface area is 185 Å². The number of hydrogen-bond donors (Lipinski definition) is 1. The molecule has 1 aromatic carbocycles. The van der Waals surface area contributed by atoms with E-state index in [0.717, 1.165) is 62.0 Å². The lowest BCUT2D eigenvalue weighted by atomic mass is 10.2. The van der Waals surface area contributed by atoms with Crippen molar-refractivity contribution in [1.82, 2.24) is 10.2 Å². The number of guanidine groups is 1. The first-order valence-electron chi connectivity index (χ1n) is 9.50. The maximum Gasteiger partial charge on any atom is 0.193 e. The molecule has 28 heavy (non-hydrogen) atoms. The second kappa shape index (κ2) is 13.8. The van der Waals surface area contributed by atoms with Crippen LogP contribution in [0.1, 0.15) is 24.8 Å². The fourth-order valence-electron chi connectivity index (χ4n) is 3.06.